The van der Waals surface area contributed by atoms with Crippen LogP contribution in [-0.2, 0) is 28.7 Å². The number of piperazine rings is 1. The van der Waals surface area contributed by atoms with Gasteiger partial charge in [-0.15, -0.1) is 0 Å². The van der Waals surface area contributed by atoms with Crippen LogP contribution in [0.2, 0.25) is 5.02 Å². The normalized spacial score (nSPS) is 26.6. The predicted octanol–water partition coefficient (Wildman–Crippen LogP) is 1.36. The monoisotopic (exact) mass is 547 g/mol. The Morgan fingerprint density at radius 1 is 0.974 bits per heavy atom. The van der Waals surface area contributed by atoms with Crippen LogP contribution in [0.4, 0.5) is 5.69 Å². The maximum absolute atomic E-state index is 13.0. The first-order valence-electron chi connectivity index (χ1n) is 12.4. The maximum Gasteiger partial charge on any atom is 0.414 e. The lowest BCUT2D eigenvalue weighted by Gasteiger charge is -2.37. The van der Waals surface area contributed by atoms with Crippen molar-refractivity contribution in [2.24, 2.45) is 23.7 Å². The summed E-state index contributed by atoms with van der Waals surface area (Å²) in [7, 11) is 0. The number of halogens is 1. The maximum atomic E-state index is 13.0. The predicted molar refractivity (Wildman–Crippen MR) is 135 cm³/mol. The van der Waals surface area contributed by atoms with Crippen LogP contribution >= 0.6 is 11.6 Å². The Morgan fingerprint density at radius 2 is 1.55 bits per heavy atom. The lowest BCUT2D eigenvalue weighted by Crippen LogP contribution is -2.51. The number of hydrogen-bond donors (Lipinski definition) is 2. The number of amides is 2. The molecule has 0 radical (unpaired) electrons. The molecule has 2 bridgehead atoms. The van der Waals surface area contributed by atoms with E-state index in [0.717, 1.165) is 38.3 Å². The summed E-state index contributed by atoms with van der Waals surface area (Å²) in [5, 5.41) is 15.5. The van der Waals surface area contributed by atoms with E-state index in [0.29, 0.717) is 11.6 Å². The number of carbonyl (C=O) groups excluding carboxylic acids is 3. The van der Waals surface area contributed by atoms with Gasteiger partial charge in [0.25, 0.3) is 0 Å². The summed E-state index contributed by atoms with van der Waals surface area (Å²) in [6.45, 7) is 5.26. The second-order valence-electron chi connectivity index (χ2n) is 9.90. The Kier molecular flexibility index (Phi) is 8.37. The molecule has 2 aliphatic heterocycles. The van der Waals surface area contributed by atoms with Crippen molar-refractivity contribution in [3.05, 3.63) is 41.4 Å². The topological polar surface area (TPSA) is 145 Å². The van der Waals surface area contributed by atoms with Crippen molar-refractivity contribution in [2.45, 2.75) is 19.4 Å². The molecule has 1 aromatic rings. The number of allylic oxidation sites excluding steroid dienone is 2. The minimum Gasteiger partial charge on any atom is -0.473 e. The SMILES string of the molecule is CC(=O)OC(CN1CCN(c2cccc(Cl)c2)CC1)CN1C(=O)C2C3C=C[C@@H](C3)[C@@H]2C1=O.O=C(O)C(=O)O. The van der Waals surface area contributed by atoms with Gasteiger partial charge < -0.3 is 19.8 Å². The van der Waals surface area contributed by atoms with Crippen LogP contribution < -0.4 is 4.90 Å². The van der Waals surface area contributed by atoms with Crippen LogP contribution in [0.1, 0.15) is 13.3 Å². The fourth-order valence-corrected chi connectivity index (χ4v) is 6.05. The van der Waals surface area contributed by atoms with Crippen LogP contribution in [0, 0.1) is 23.7 Å². The number of carbonyl (C=O) groups is 5. The highest BCUT2D eigenvalue weighted by molar-refractivity contribution is 6.30. The number of benzene rings is 1. The Bertz CT molecular complexity index is 1110. The van der Waals surface area contributed by atoms with Crippen molar-refractivity contribution >= 4 is 47.0 Å². The van der Waals surface area contributed by atoms with E-state index in [2.05, 4.69) is 22.0 Å². The first-order chi connectivity index (χ1) is 18.0. The molecule has 11 nitrogen and oxygen atoms in total. The number of esters is 1. The molecule has 38 heavy (non-hydrogen) atoms. The van der Waals surface area contributed by atoms with Gasteiger partial charge in [0, 0.05) is 50.4 Å². The summed E-state index contributed by atoms with van der Waals surface area (Å²) in [4.78, 5) is 61.9. The third-order valence-electron chi connectivity index (χ3n) is 7.47. The molecule has 2 amide bonds. The number of nitrogens with zero attached hydrogens (tertiary/aromatic N) is 3. The third kappa shape index (κ3) is 5.99. The Hall–Kier alpha value is -3.44. The minimum absolute atomic E-state index is 0.0974. The summed E-state index contributed by atoms with van der Waals surface area (Å²) in [6, 6.07) is 7.82. The van der Waals surface area contributed by atoms with Crippen molar-refractivity contribution in [3.8, 4) is 0 Å². The molecule has 0 spiro atoms. The molecule has 0 aromatic heterocycles. The third-order valence-corrected chi connectivity index (χ3v) is 7.71. The molecule has 5 rings (SSSR count). The number of carboxylic acids is 2. The van der Waals surface area contributed by atoms with E-state index in [1.165, 1.54) is 11.8 Å². The largest absolute Gasteiger partial charge is 0.473 e. The average molecular weight is 548 g/mol. The zero-order chi connectivity index (χ0) is 27.6. The molecule has 2 N–H and O–H groups in total. The molecule has 4 aliphatic rings. The van der Waals surface area contributed by atoms with E-state index in [1.807, 2.05) is 24.3 Å². The lowest BCUT2D eigenvalue weighted by atomic mass is 9.85. The van der Waals surface area contributed by atoms with Gasteiger partial charge in [-0.25, -0.2) is 9.59 Å². The van der Waals surface area contributed by atoms with Gasteiger partial charge in [0.1, 0.15) is 6.10 Å². The summed E-state index contributed by atoms with van der Waals surface area (Å²) < 4.78 is 5.56. The fourth-order valence-electron chi connectivity index (χ4n) is 5.86. The lowest BCUT2D eigenvalue weighted by molar-refractivity contribution is -0.159. The van der Waals surface area contributed by atoms with Gasteiger partial charge in [-0.05, 0) is 36.5 Å². The van der Waals surface area contributed by atoms with Gasteiger partial charge >= 0.3 is 17.9 Å². The molecule has 5 atom stereocenters. The van der Waals surface area contributed by atoms with Gasteiger partial charge in [-0.1, -0.05) is 29.8 Å². The molecule has 2 saturated heterocycles. The van der Waals surface area contributed by atoms with Gasteiger partial charge in [-0.2, -0.15) is 0 Å². The van der Waals surface area contributed by atoms with E-state index < -0.39 is 24.0 Å². The first kappa shape index (κ1) is 27.6. The number of imide groups is 1. The summed E-state index contributed by atoms with van der Waals surface area (Å²) in [5.74, 6) is -4.33. The Morgan fingerprint density at radius 3 is 2.05 bits per heavy atom. The smallest absolute Gasteiger partial charge is 0.414 e. The molecule has 2 heterocycles. The van der Waals surface area contributed by atoms with Gasteiger partial charge in [0.2, 0.25) is 11.8 Å². The number of likely N-dealkylation sites (tertiary alicyclic amines) is 1. The highest BCUT2D eigenvalue weighted by atomic mass is 35.5. The molecule has 3 fully saturated rings. The summed E-state index contributed by atoms with van der Waals surface area (Å²) in [5.41, 5.74) is 1.09. The van der Waals surface area contributed by atoms with Crippen molar-refractivity contribution in [2.75, 3.05) is 44.2 Å². The molecule has 204 valence electrons. The van der Waals surface area contributed by atoms with E-state index in [-0.39, 0.29) is 42.0 Å². The van der Waals surface area contributed by atoms with Crippen LogP contribution in [0.25, 0.3) is 0 Å². The average Bonchev–Trinajstić information content (AvgIpc) is 3.55. The zero-order valence-corrected chi connectivity index (χ0v) is 21.6. The Balaban J connectivity index is 0.000000505. The van der Waals surface area contributed by atoms with E-state index in [4.69, 9.17) is 36.1 Å². The second kappa shape index (κ2) is 11.5. The molecule has 3 unspecified atom stereocenters. The fraction of sp³-hybridized carbons (Fsp3) is 0.500. The number of fused-ring (bicyclic) bond motifs is 5. The van der Waals surface area contributed by atoms with E-state index in [1.54, 1.807) is 0 Å². The van der Waals surface area contributed by atoms with Crippen molar-refractivity contribution in [1.82, 2.24) is 9.80 Å². The zero-order valence-electron chi connectivity index (χ0n) is 20.9. The van der Waals surface area contributed by atoms with Crippen molar-refractivity contribution in [1.29, 1.82) is 0 Å². The summed E-state index contributed by atoms with van der Waals surface area (Å²) >= 11 is 6.12. The molecule has 1 saturated carbocycles. The highest BCUT2D eigenvalue weighted by Crippen LogP contribution is 2.52. The van der Waals surface area contributed by atoms with Gasteiger partial charge in [0.05, 0.1) is 18.4 Å². The van der Waals surface area contributed by atoms with Crippen LogP contribution in [0.3, 0.4) is 0 Å². The molecule has 1 aromatic carbocycles. The molecule has 2 aliphatic carbocycles. The van der Waals surface area contributed by atoms with Crippen LogP contribution in [-0.4, -0.2) is 95.1 Å². The van der Waals surface area contributed by atoms with Gasteiger partial charge in [-0.3, -0.25) is 24.2 Å². The van der Waals surface area contributed by atoms with E-state index >= 15 is 0 Å². The van der Waals surface area contributed by atoms with Crippen LogP contribution in [0.15, 0.2) is 36.4 Å². The Labute approximate surface area is 224 Å². The van der Waals surface area contributed by atoms with Crippen LogP contribution in [0.5, 0.6) is 0 Å². The quantitative estimate of drug-likeness (QED) is 0.232. The standard InChI is InChI=1S/C24H28ClN3O4.C2H2O4/c1-15(29)32-20(13-26-7-9-27(10-8-26)19-4-2-3-18(25)12-19)14-28-23(30)21-16-5-6-17(11-16)22(21)24(28)31;3-1(4)2(5)6/h2-6,12,16-17,20-22H,7-11,13-14H2,1H3;(H,3,4)(H,5,6)/t16-,17?,20?,21-,22?;/m0./s1. The van der Waals surface area contributed by atoms with Crippen molar-refractivity contribution in [3.63, 3.8) is 0 Å². The molecular weight excluding hydrogens is 518 g/mol. The molecule has 12 heteroatoms. The number of ether oxygens (including phenoxy) is 1. The summed E-state index contributed by atoms with van der Waals surface area (Å²) in [6.07, 6.45) is 4.56. The number of anilines is 1. The minimum atomic E-state index is -1.82. The highest BCUT2D eigenvalue weighted by Gasteiger charge is 2.59. The van der Waals surface area contributed by atoms with Gasteiger partial charge in [0.15, 0.2) is 0 Å². The van der Waals surface area contributed by atoms with Crippen molar-refractivity contribution < 1.29 is 38.9 Å². The number of carboxylic acid groups (broad SMARTS) is 2. The first-order valence-corrected chi connectivity index (χ1v) is 12.8. The number of aliphatic carboxylic acids is 2. The van der Waals surface area contributed by atoms with E-state index in [9.17, 15) is 14.4 Å². The molecular formula is C26H30ClN3O8. The second-order valence-corrected chi connectivity index (χ2v) is 10.3. The number of hydrogen-bond acceptors (Lipinski definition) is 8. The number of rotatable bonds is 6.